The summed E-state index contributed by atoms with van der Waals surface area (Å²) in [6.45, 7) is 0. The molecule has 0 aromatic heterocycles. The number of hydrogen-bond acceptors (Lipinski definition) is 1. The topological polar surface area (TPSA) is 26.0 Å². The van der Waals surface area contributed by atoms with Crippen LogP contribution in [0.4, 0.5) is 5.69 Å². The van der Waals surface area contributed by atoms with E-state index in [9.17, 15) is 0 Å². The van der Waals surface area contributed by atoms with Crippen molar-refractivity contribution in [3.05, 3.63) is 24.3 Å². The maximum atomic E-state index is 5.68. The highest BCUT2D eigenvalue weighted by atomic mass is 35.7. The molecule has 1 nitrogen and oxygen atoms in total. The quantitative estimate of drug-likeness (QED) is 0.405. The molecule has 53 valence electrons. The number of nitrogen functional groups attached to an aromatic ring is 1. The van der Waals surface area contributed by atoms with Gasteiger partial charge in [0, 0.05) is 5.69 Å². The monoisotopic (exact) mass is 190 g/mol. The van der Waals surface area contributed by atoms with Crippen molar-refractivity contribution in [2.75, 3.05) is 5.73 Å². The maximum absolute atomic E-state index is 5.68. The Hall–Kier alpha value is -0.183. The lowest BCUT2D eigenvalue weighted by molar-refractivity contribution is 1.73. The number of nitrogens with two attached hydrogens (primary N) is 1. The van der Waals surface area contributed by atoms with Crippen molar-refractivity contribution < 1.29 is 0 Å². The Balaban J connectivity index is 2.89. The van der Waals surface area contributed by atoms with Crippen LogP contribution in [0.5, 0.6) is 0 Å². The van der Waals surface area contributed by atoms with Crippen LogP contribution in [0.3, 0.4) is 0 Å². The predicted octanol–water partition coefficient (Wildman–Crippen LogP) is 1.44. The molecule has 0 aliphatic carbocycles. The molecule has 0 aliphatic heterocycles. The molecule has 0 amide bonds. The van der Waals surface area contributed by atoms with Crippen molar-refractivity contribution in [1.82, 2.24) is 0 Å². The smallest absolute Gasteiger partial charge is 0.307 e. The van der Waals surface area contributed by atoms with Gasteiger partial charge < -0.3 is 5.73 Å². The Labute approximate surface area is 70.8 Å². The average Bonchev–Trinajstić information content (AvgIpc) is 1.88. The average molecular weight is 191 g/mol. The van der Waals surface area contributed by atoms with Gasteiger partial charge >= 0.3 is 7.42 Å². The molecular weight excluding hydrogens is 185 g/mol. The van der Waals surface area contributed by atoms with Crippen LogP contribution in [0.15, 0.2) is 24.3 Å². The second-order valence-corrected chi connectivity index (χ2v) is 5.83. The van der Waals surface area contributed by atoms with Crippen LogP contribution in [0, 0.1) is 0 Å². The highest BCUT2D eigenvalue weighted by Gasteiger charge is 2.05. The zero-order valence-corrected chi connectivity index (χ0v) is 7.65. The number of rotatable bonds is 1. The zero-order valence-electron chi connectivity index (χ0n) is 5.14. The minimum Gasteiger partial charge on any atom is -0.399 e. The standard InChI is InChI=1S/C6H6Cl2NSi/c7-10(8)6-3-1-5(9)2-4-6/h1-4H,9H2. The SMILES string of the molecule is Nc1ccc([Si](Cl)Cl)cc1. The summed E-state index contributed by atoms with van der Waals surface area (Å²) in [5, 5.41) is 0.975. The van der Waals surface area contributed by atoms with E-state index in [2.05, 4.69) is 0 Å². The maximum Gasteiger partial charge on any atom is 0.307 e. The molecule has 1 aromatic rings. The van der Waals surface area contributed by atoms with Crippen molar-refractivity contribution >= 4 is 40.4 Å². The minimum atomic E-state index is -1.34. The molecule has 0 fully saturated rings. The van der Waals surface area contributed by atoms with E-state index in [1.807, 2.05) is 12.1 Å². The van der Waals surface area contributed by atoms with E-state index in [1.54, 1.807) is 12.1 Å². The van der Waals surface area contributed by atoms with Gasteiger partial charge in [-0.15, -0.1) is 22.2 Å². The molecule has 10 heavy (non-hydrogen) atoms. The van der Waals surface area contributed by atoms with E-state index in [0.717, 1.165) is 10.9 Å². The number of hydrogen-bond donors (Lipinski definition) is 1. The molecule has 4 heteroatoms. The third-order valence-corrected chi connectivity index (χ3v) is 3.21. The molecule has 0 aliphatic rings. The molecule has 0 heterocycles. The lowest BCUT2D eigenvalue weighted by Crippen LogP contribution is -2.17. The van der Waals surface area contributed by atoms with Crippen molar-refractivity contribution in [2.24, 2.45) is 0 Å². The van der Waals surface area contributed by atoms with E-state index >= 15 is 0 Å². The van der Waals surface area contributed by atoms with Gasteiger partial charge in [-0.1, -0.05) is 12.1 Å². The third-order valence-electron chi connectivity index (χ3n) is 1.13. The molecular formula is C6H6Cl2NSi. The Bertz CT molecular complexity index is 209. The Morgan fingerprint density at radius 2 is 1.60 bits per heavy atom. The molecule has 0 saturated heterocycles. The van der Waals surface area contributed by atoms with Crippen molar-refractivity contribution in [3.8, 4) is 0 Å². The van der Waals surface area contributed by atoms with E-state index in [1.165, 1.54) is 0 Å². The summed E-state index contributed by atoms with van der Waals surface area (Å²) in [5.41, 5.74) is 6.19. The van der Waals surface area contributed by atoms with E-state index in [-0.39, 0.29) is 0 Å². The summed E-state index contributed by atoms with van der Waals surface area (Å²) >= 11 is 11.4. The van der Waals surface area contributed by atoms with Crippen molar-refractivity contribution in [2.45, 2.75) is 0 Å². The minimum absolute atomic E-state index is 0.736. The van der Waals surface area contributed by atoms with Gasteiger partial charge in [-0.05, 0) is 17.3 Å². The highest BCUT2D eigenvalue weighted by Crippen LogP contribution is 2.01. The van der Waals surface area contributed by atoms with Crippen LogP contribution in [0.1, 0.15) is 0 Å². The summed E-state index contributed by atoms with van der Waals surface area (Å²) in [5.74, 6) is 0. The van der Waals surface area contributed by atoms with Gasteiger partial charge in [-0.25, -0.2) is 0 Å². The molecule has 1 aromatic carbocycles. The summed E-state index contributed by atoms with van der Waals surface area (Å²) in [7, 11) is -1.34. The fourth-order valence-corrected chi connectivity index (χ4v) is 1.78. The molecule has 1 rings (SSSR count). The van der Waals surface area contributed by atoms with Crippen LogP contribution in [0.25, 0.3) is 0 Å². The molecule has 1 radical (unpaired) electrons. The lowest BCUT2D eigenvalue weighted by Gasteiger charge is -1.97. The Morgan fingerprint density at radius 1 is 1.10 bits per heavy atom. The normalized spacial score (nSPS) is 10.3. The number of benzene rings is 1. The van der Waals surface area contributed by atoms with E-state index < -0.39 is 7.42 Å². The van der Waals surface area contributed by atoms with Crippen LogP contribution in [-0.4, -0.2) is 7.42 Å². The zero-order chi connectivity index (χ0) is 7.56. The lowest BCUT2D eigenvalue weighted by atomic mass is 10.3. The van der Waals surface area contributed by atoms with E-state index in [4.69, 9.17) is 27.9 Å². The van der Waals surface area contributed by atoms with Crippen LogP contribution in [0.2, 0.25) is 0 Å². The van der Waals surface area contributed by atoms with Gasteiger partial charge in [0.2, 0.25) is 0 Å². The fraction of sp³-hybridized carbons (Fsp3) is 0. The van der Waals surface area contributed by atoms with Gasteiger partial charge in [0.05, 0.1) is 0 Å². The first-order valence-corrected chi connectivity index (χ1v) is 6.26. The predicted molar refractivity (Wildman–Crippen MR) is 47.9 cm³/mol. The molecule has 0 spiro atoms. The number of halogens is 2. The Kier molecular flexibility index (Phi) is 2.60. The van der Waals surface area contributed by atoms with Gasteiger partial charge in [-0.3, -0.25) is 0 Å². The summed E-state index contributed by atoms with van der Waals surface area (Å²) in [6.07, 6.45) is 0. The summed E-state index contributed by atoms with van der Waals surface area (Å²) in [4.78, 5) is 0. The van der Waals surface area contributed by atoms with Crippen LogP contribution >= 0.6 is 22.2 Å². The van der Waals surface area contributed by atoms with Gasteiger partial charge in [0.15, 0.2) is 0 Å². The Morgan fingerprint density at radius 3 is 2.00 bits per heavy atom. The first-order valence-electron chi connectivity index (χ1n) is 2.74. The fourth-order valence-electron chi connectivity index (χ4n) is 0.609. The molecule has 2 N–H and O–H groups in total. The third kappa shape index (κ3) is 1.90. The first kappa shape index (κ1) is 7.92. The first-order chi connectivity index (χ1) is 4.70. The van der Waals surface area contributed by atoms with Gasteiger partial charge in [0.1, 0.15) is 0 Å². The second kappa shape index (κ2) is 3.28. The highest BCUT2D eigenvalue weighted by molar-refractivity contribution is 7.39. The van der Waals surface area contributed by atoms with E-state index in [0.29, 0.717) is 0 Å². The number of anilines is 1. The second-order valence-electron chi connectivity index (χ2n) is 1.88. The van der Waals surface area contributed by atoms with Gasteiger partial charge in [-0.2, -0.15) is 0 Å². The largest absolute Gasteiger partial charge is 0.399 e. The molecule has 0 unspecified atom stereocenters. The van der Waals surface area contributed by atoms with Crippen molar-refractivity contribution in [3.63, 3.8) is 0 Å². The summed E-state index contributed by atoms with van der Waals surface area (Å²) < 4.78 is 0. The molecule has 0 atom stereocenters. The van der Waals surface area contributed by atoms with Gasteiger partial charge in [0.25, 0.3) is 0 Å². The molecule has 0 saturated carbocycles. The summed E-state index contributed by atoms with van der Waals surface area (Å²) in [6, 6.07) is 7.29. The molecule has 0 bridgehead atoms. The van der Waals surface area contributed by atoms with Crippen molar-refractivity contribution in [1.29, 1.82) is 0 Å². The van der Waals surface area contributed by atoms with Crippen LogP contribution in [-0.2, 0) is 0 Å². The van der Waals surface area contributed by atoms with Crippen LogP contribution < -0.4 is 10.9 Å².